The van der Waals surface area contributed by atoms with Gasteiger partial charge in [0.05, 0.1) is 25.5 Å². The van der Waals surface area contributed by atoms with Gasteiger partial charge in [0, 0.05) is 10.0 Å². The molecule has 1 aromatic carbocycles. The summed E-state index contributed by atoms with van der Waals surface area (Å²) in [7, 11) is 0. The van der Waals surface area contributed by atoms with Gasteiger partial charge in [-0.3, -0.25) is 0 Å². The maximum Gasteiger partial charge on any atom is 0.162 e. The van der Waals surface area contributed by atoms with Crippen molar-refractivity contribution >= 4 is 15.9 Å². The molecule has 2 N–H and O–H groups in total. The minimum Gasteiger partial charge on any atom is -0.490 e. The van der Waals surface area contributed by atoms with E-state index >= 15 is 0 Å². The van der Waals surface area contributed by atoms with Gasteiger partial charge in [-0.15, -0.1) is 0 Å². The lowest BCUT2D eigenvalue weighted by Crippen LogP contribution is -2.13. The van der Waals surface area contributed by atoms with Crippen LogP contribution < -0.4 is 15.2 Å². The highest BCUT2D eigenvalue weighted by atomic mass is 79.9. The average molecular weight is 354 g/mol. The Morgan fingerprint density at radius 2 is 1.76 bits per heavy atom. The van der Waals surface area contributed by atoms with E-state index < -0.39 is 0 Å². The van der Waals surface area contributed by atoms with E-state index in [1.54, 1.807) is 6.26 Å². The van der Waals surface area contributed by atoms with Crippen LogP contribution in [-0.4, -0.2) is 13.2 Å². The molecule has 0 bridgehead atoms. The first-order chi connectivity index (χ1) is 10.1. The minimum atomic E-state index is -0.284. The molecule has 0 saturated carbocycles. The molecule has 1 atom stereocenters. The summed E-state index contributed by atoms with van der Waals surface area (Å²) in [4.78, 5) is 0. The third-order valence-electron chi connectivity index (χ3n) is 3.23. The number of aryl methyl sites for hydroxylation is 1. The van der Waals surface area contributed by atoms with Crippen LogP contribution in [0, 0.1) is 6.92 Å². The second-order valence-corrected chi connectivity index (χ2v) is 5.45. The molecular formula is C16H20BrNO3. The Balaban J connectivity index is 2.44. The van der Waals surface area contributed by atoms with Crippen molar-refractivity contribution < 1.29 is 13.9 Å². The van der Waals surface area contributed by atoms with E-state index in [1.807, 2.05) is 39.0 Å². The third-order valence-corrected chi connectivity index (χ3v) is 3.92. The first-order valence-electron chi connectivity index (χ1n) is 6.97. The number of halogens is 1. The average Bonchev–Trinajstić information content (AvgIpc) is 2.87. The van der Waals surface area contributed by atoms with Gasteiger partial charge >= 0.3 is 0 Å². The molecule has 2 aromatic rings. The lowest BCUT2D eigenvalue weighted by Gasteiger charge is -2.18. The molecule has 5 heteroatoms. The van der Waals surface area contributed by atoms with Gasteiger partial charge in [0.25, 0.3) is 0 Å². The van der Waals surface area contributed by atoms with Crippen LogP contribution in [0.4, 0.5) is 0 Å². The fourth-order valence-electron chi connectivity index (χ4n) is 2.21. The SMILES string of the molecule is CCOc1cc(Br)c(C(N)c2ccoc2C)cc1OCC. The van der Waals surface area contributed by atoms with Crippen molar-refractivity contribution in [2.24, 2.45) is 5.73 Å². The Morgan fingerprint density at radius 1 is 1.14 bits per heavy atom. The lowest BCUT2D eigenvalue weighted by molar-refractivity contribution is 0.287. The molecule has 0 fully saturated rings. The van der Waals surface area contributed by atoms with Gasteiger partial charge in [-0.2, -0.15) is 0 Å². The van der Waals surface area contributed by atoms with E-state index in [0.717, 1.165) is 21.4 Å². The zero-order valence-electron chi connectivity index (χ0n) is 12.5. The molecular weight excluding hydrogens is 334 g/mol. The van der Waals surface area contributed by atoms with Crippen molar-refractivity contribution in [3.63, 3.8) is 0 Å². The Hall–Kier alpha value is -1.46. The summed E-state index contributed by atoms with van der Waals surface area (Å²) in [6.45, 7) is 6.94. The topological polar surface area (TPSA) is 57.6 Å². The predicted molar refractivity (Wildman–Crippen MR) is 86.0 cm³/mol. The number of benzene rings is 1. The summed E-state index contributed by atoms with van der Waals surface area (Å²) in [5, 5.41) is 0. The molecule has 4 nitrogen and oxygen atoms in total. The Morgan fingerprint density at radius 3 is 2.29 bits per heavy atom. The third kappa shape index (κ3) is 3.41. The zero-order valence-corrected chi connectivity index (χ0v) is 14.1. The molecule has 1 unspecified atom stereocenters. The molecule has 1 aromatic heterocycles. The lowest BCUT2D eigenvalue weighted by atomic mass is 10.00. The minimum absolute atomic E-state index is 0.284. The first-order valence-corrected chi connectivity index (χ1v) is 7.76. The quantitative estimate of drug-likeness (QED) is 0.845. The van der Waals surface area contributed by atoms with E-state index in [9.17, 15) is 0 Å². The second kappa shape index (κ2) is 7.00. The molecule has 0 saturated heterocycles. The fraction of sp³-hybridized carbons (Fsp3) is 0.375. The van der Waals surface area contributed by atoms with Gasteiger partial charge in [0.2, 0.25) is 0 Å². The Labute approximate surface area is 133 Å². The Bertz CT molecular complexity index is 610. The van der Waals surface area contributed by atoms with Crippen LogP contribution in [0.2, 0.25) is 0 Å². The number of ether oxygens (including phenoxy) is 2. The summed E-state index contributed by atoms with van der Waals surface area (Å²) in [6, 6.07) is 5.44. The summed E-state index contributed by atoms with van der Waals surface area (Å²) in [5.41, 5.74) is 8.26. The molecule has 0 aliphatic heterocycles. The number of furan rings is 1. The molecule has 0 spiro atoms. The van der Waals surface area contributed by atoms with E-state index in [4.69, 9.17) is 19.6 Å². The summed E-state index contributed by atoms with van der Waals surface area (Å²) in [6.07, 6.45) is 1.65. The van der Waals surface area contributed by atoms with Crippen molar-refractivity contribution in [3.8, 4) is 11.5 Å². The molecule has 21 heavy (non-hydrogen) atoms. The molecule has 0 aliphatic rings. The highest BCUT2D eigenvalue weighted by molar-refractivity contribution is 9.10. The van der Waals surface area contributed by atoms with Gasteiger partial charge in [-0.25, -0.2) is 0 Å². The van der Waals surface area contributed by atoms with Crippen LogP contribution in [0.3, 0.4) is 0 Å². The molecule has 0 radical (unpaired) electrons. The van der Waals surface area contributed by atoms with E-state index in [1.165, 1.54) is 0 Å². The molecule has 0 aliphatic carbocycles. The van der Waals surface area contributed by atoms with Crippen molar-refractivity contribution in [1.82, 2.24) is 0 Å². The van der Waals surface area contributed by atoms with Crippen LogP contribution in [-0.2, 0) is 0 Å². The number of rotatable bonds is 6. The van der Waals surface area contributed by atoms with Crippen LogP contribution in [0.15, 0.2) is 33.4 Å². The van der Waals surface area contributed by atoms with E-state index in [2.05, 4.69) is 15.9 Å². The van der Waals surface area contributed by atoms with Crippen LogP contribution in [0.1, 0.15) is 36.8 Å². The number of hydrogen-bond donors (Lipinski definition) is 1. The van der Waals surface area contributed by atoms with Gasteiger partial charge in [-0.1, -0.05) is 15.9 Å². The first kappa shape index (κ1) is 15.9. The van der Waals surface area contributed by atoms with Gasteiger partial charge in [-0.05, 0) is 44.5 Å². The van der Waals surface area contributed by atoms with Crippen molar-refractivity contribution in [3.05, 3.63) is 45.8 Å². The van der Waals surface area contributed by atoms with Crippen LogP contribution in [0.5, 0.6) is 11.5 Å². The van der Waals surface area contributed by atoms with Crippen molar-refractivity contribution in [2.45, 2.75) is 26.8 Å². The van der Waals surface area contributed by atoms with Crippen LogP contribution >= 0.6 is 15.9 Å². The number of nitrogens with two attached hydrogens (primary N) is 1. The second-order valence-electron chi connectivity index (χ2n) is 4.60. The highest BCUT2D eigenvalue weighted by Gasteiger charge is 2.19. The molecule has 0 amide bonds. The fourth-order valence-corrected chi connectivity index (χ4v) is 2.78. The van der Waals surface area contributed by atoms with Crippen molar-refractivity contribution in [1.29, 1.82) is 0 Å². The largest absolute Gasteiger partial charge is 0.490 e. The normalized spacial score (nSPS) is 12.2. The highest BCUT2D eigenvalue weighted by Crippen LogP contribution is 2.38. The molecule has 2 rings (SSSR count). The van der Waals surface area contributed by atoms with E-state index in [-0.39, 0.29) is 6.04 Å². The van der Waals surface area contributed by atoms with Gasteiger partial charge in [0.15, 0.2) is 11.5 Å². The summed E-state index contributed by atoms with van der Waals surface area (Å²) in [5.74, 6) is 2.24. The van der Waals surface area contributed by atoms with Gasteiger partial charge in [0.1, 0.15) is 5.76 Å². The van der Waals surface area contributed by atoms with E-state index in [0.29, 0.717) is 24.7 Å². The maximum atomic E-state index is 6.37. The van der Waals surface area contributed by atoms with Gasteiger partial charge < -0.3 is 19.6 Å². The summed E-state index contributed by atoms with van der Waals surface area (Å²) < 4.78 is 17.5. The maximum absolute atomic E-state index is 6.37. The predicted octanol–water partition coefficient (Wildman–Crippen LogP) is 4.20. The molecule has 1 heterocycles. The number of hydrogen-bond acceptors (Lipinski definition) is 4. The monoisotopic (exact) mass is 353 g/mol. The smallest absolute Gasteiger partial charge is 0.162 e. The Kier molecular flexibility index (Phi) is 5.31. The van der Waals surface area contributed by atoms with Crippen LogP contribution in [0.25, 0.3) is 0 Å². The zero-order chi connectivity index (χ0) is 15.4. The molecule has 114 valence electrons. The van der Waals surface area contributed by atoms with Crippen molar-refractivity contribution in [2.75, 3.05) is 13.2 Å². The standard InChI is InChI=1S/C16H20BrNO3/c1-4-19-14-8-12(13(17)9-15(14)20-5-2)16(18)11-6-7-21-10(11)3/h6-9,16H,4-5,18H2,1-3H3. The summed E-state index contributed by atoms with van der Waals surface area (Å²) >= 11 is 3.57.